The van der Waals surface area contributed by atoms with Crippen molar-refractivity contribution in [1.82, 2.24) is 0 Å². The van der Waals surface area contributed by atoms with Gasteiger partial charge in [-0.15, -0.1) is 0 Å². The molecule has 0 spiro atoms. The monoisotopic (exact) mass is 480 g/mol. The molecule has 4 aromatic rings. The van der Waals surface area contributed by atoms with Crippen LogP contribution in [0.15, 0.2) is 115 Å². The summed E-state index contributed by atoms with van der Waals surface area (Å²) in [5.41, 5.74) is 13.6. The first-order chi connectivity index (χ1) is 17.8. The van der Waals surface area contributed by atoms with E-state index in [4.69, 9.17) is 0 Å². The number of ketones is 1. The predicted molar refractivity (Wildman–Crippen MR) is 157 cm³/mol. The second-order valence-corrected chi connectivity index (χ2v) is 10.2. The summed E-state index contributed by atoms with van der Waals surface area (Å²) in [7, 11) is 0. The Hall–Kier alpha value is -4.23. The third-order valence-corrected chi connectivity index (χ3v) is 7.19. The third kappa shape index (κ3) is 5.04. The molecule has 0 fully saturated rings. The average Bonchev–Trinajstić information content (AvgIpc) is 3.35. The summed E-state index contributed by atoms with van der Waals surface area (Å²) >= 11 is 0. The minimum absolute atomic E-state index is 0.0266. The van der Waals surface area contributed by atoms with Gasteiger partial charge in [-0.25, -0.2) is 0 Å². The molecule has 5 rings (SSSR count). The van der Waals surface area contributed by atoms with Crippen molar-refractivity contribution < 1.29 is 4.79 Å². The van der Waals surface area contributed by atoms with Crippen molar-refractivity contribution in [2.24, 2.45) is 0 Å². The molecule has 1 heteroatoms. The molecular formula is C36H32O. The second-order valence-electron chi connectivity index (χ2n) is 10.2. The number of rotatable bonds is 6. The van der Waals surface area contributed by atoms with E-state index in [9.17, 15) is 4.79 Å². The summed E-state index contributed by atoms with van der Waals surface area (Å²) in [6, 6.07) is 29.0. The normalized spacial score (nSPS) is 12.8. The second kappa shape index (κ2) is 10.0. The maximum absolute atomic E-state index is 14.0. The van der Waals surface area contributed by atoms with E-state index in [-0.39, 0.29) is 5.78 Å². The highest BCUT2D eigenvalue weighted by molar-refractivity contribution is 6.14. The minimum atomic E-state index is 0.0266. The quantitative estimate of drug-likeness (QED) is 0.251. The molecule has 1 aliphatic rings. The molecule has 0 saturated carbocycles. The fourth-order valence-corrected chi connectivity index (χ4v) is 4.88. The summed E-state index contributed by atoms with van der Waals surface area (Å²) in [6.07, 6.45) is 5.24. The fraction of sp³-hybridized carbons (Fsp3) is 0.139. The van der Waals surface area contributed by atoms with Crippen molar-refractivity contribution >= 4 is 11.4 Å². The maximum atomic E-state index is 14.0. The molecule has 1 aliphatic carbocycles. The number of allylic oxidation sites excluding steroid dienone is 5. The van der Waals surface area contributed by atoms with Gasteiger partial charge in [-0.3, -0.25) is 4.79 Å². The molecule has 0 radical (unpaired) electrons. The van der Waals surface area contributed by atoms with Crippen molar-refractivity contribution in [2.45, 2.75) is 34.1 Å². The summed E-state index contributed by atoms with van der Waals surface area (Å²) in [4.78, 5) is 14.0. The zero-order valence-electron chi connectivity index (χ0n) is 22.1. The Balaban J connectivity index is 1.76. The van der Waals surface area contributed by atoms with E-state index in [2.05, 4.69) is 100 Å². The Kier molecular flexibility index (Phi) is 6.63. The van der Waals surface area contributed by atoms with Crippen molar-refractivity contribution in [3.63, 3.8) is 0 Å². The van der Waals surface area contributed by atoms with Crippen LogP contribution in [-0.2, 0) is 0 Å². The molecule has 0 unspecified atom stereocenters. The molecule has 1 nitrogen and oxygen atoms in total. The van der Waals surface area contributed by atoms with Crippen LogP contribution in [0.5, 0.6) is 0 Å². The summed E-state index contributed by atoms with van der Waals surface area (Å²) in [5, 5.41) is 0. The highest BCUT2D eigenvalue weighted by Crippen LogP contribution is 2.40. The number of hydrogen-bond donors (Lipinski definition) is 0. The van der Waals surface area contributed by atoms with Gasteiger partial charge < -0.3 is 0 Å². The number of carbonyl (C=O) groups is 1. The van der Waals surface area contributed by atoms with Crippen LogP contribution < -0.4 is 0 Å². The lowest BCUT2D eigenvalue weighted by molar-refractivity contribution is 0.103. The van der Waals surface area contributed by atoms with E-state index in [1.807, 2.05) is 31.2 Å². The number of hydrogen-bond acceptors (Lipinski definition) is 1. The first-order valence-corrected chi connectivity index (χ1v) is 12.8. The Labute approximate surface area is 220 Å². The molecule has 182 valence electrons. The largest absolute Gasteiger partial charge is 0.289 e. The van der Waals surface area contributed by atoms with E-state index >= 15 is 0 Å². The van der Waals surface area contributed by atoms with E-state index in [0.29, 0.717) is 11.1 Å². The van der Waals surface area contributed by atoms with Gasteiger partial charge in [-0.05, 0) is 85.2 Å². The highest BCUT2D eigenvalue weighted by atomic mass is 16.1. The van der Waals surface area contributed by atoms with Gasteiger partial charge >= 0.3 is 0 Å². The lowest BCUT2D eigenvalue weighted by Crippen LogP contribution is -2.06. The van der Waals surface area contributed by atoms with Crippen LogP contribution in [0.4, 0.5) is 0 Å². The number of benzene rings is 4. The van der Waals surface area contributed by atoms with Crippen LogP contribution in [0, 0.1) is 20.8 Å². The predicted octanol–water partition coefficient (Wildman–Crippen LogP) is 9.47. The molecule has 0 atom stereocenters. The number of carbonyl (C=O) groups excluding carboxylic acids is 1. The molecule has 0 N–H and O–H groups in total. The molecule has 37 heavy (non-hydrogen) atoms. The summed E-state index contributed by atoms with van der Waals surface area (Å²) in [6.45, 7) is 12.9. The zero-order valence-corrected chi connectivity index (χ0v) is 22.1. The first-order valence-electron chi connectivity index (χ1n) is 12.8. The Morgan fingerprint density at radius 1 is 0.622 bits per heavy atom. The van der Waals surface area contributed by atoms with E-state index in [1.165, 1.54) is 22.3 Å². The molecule has 0 saturated heterocycles. The van der Waals surface area contributed by atoms with E-state index in [1.54, 1.807) is 0 Å². The molecular weight excluding hydrogens is 448 g/mol. The van der Waals surface area contributed by atoms with Gasteiger partial charge in [-0.2, -0.15) is 0 Å². The van der Waals surface area contributed by atoms with Crippen LogP contribution in [-0.4, -0.2) is 5.78 Å². The highest BCUT2D eigenvalue weighted by Gasteiger charge is 2.22. The van der Waals surface area contributed by atoms with Crippen LogP contribution in [0.2, 0.25) is 0 Å². The van der Waals surface area contributed by atoms with Gasteiger partial charge in [0.25, 0.3) is 0 Å². The van der Waals surface area contributed by atoms with Crippen LogP contribution >= 0.6 is 0 Å². The van der Waals surface area contributed by atoms with E-state index < -0.39 is 0 Å². The first kappa shape index (κ1) is 24.5. The topological polar surface area (TPSA) is 17.1 Å². The van der Waals surface area contributed by atoms with Gasteiger partial charge in [0.1, 0.15) is 0 Å². The maximum Gasteiger partial charge on any atom is 0.193 e. The van der Waals surface area contributed by atoms with Crippen molar-refractivity contribution in [2.75, 3.05) is 0 Å². The molecule has 0 aliphatic heterocycles. The smallest absolute Gasteiger partial charge is 0.193 e. The summed E-state index contributed by atoms with van der Waals surface area (Å²) in [5.74, 6) is 0.0266. The molecule has 0 heterocycles. The lowest BCUT2D eigenvalue weighted by atomic mass is 9.83. The molecule has 4 aromatic carbocycles. The van der Waals surface area contributed by atoms with E-state index in [0.717, 1.165) is 45.4 Å². The van der Waals surface area contributed by atoms with Crippen LogP contribution in [0.25, 0.3) is 27.8 Å². The fourth-order valence-electron chi connectivity index (χ4n) is 4.88. The van der Waals surface area contributed by atoms with Gasteiger partial charge in [0.2, 0.25) is 0 Å². The Bertz CT molecular complexity index is 1560. The van der Waals surface area contributed by atoms with Crippen molar-refractivity contribution in [3.8, 4) is 22.3 Å². The third-order valence-electron chi connectivity index (χ3n) is 7.19. The lowest BCUT2D eigenvalue weighted by Gasteiger charge is -2.19. The minimum Gasteiger partial charge on any atom is -0.289 e. The average molecular weight is 481 g/mol. The van der Waals surface area contributed by atoms with Crippen LogP contribution in [0.3, 0.4) is 0 Å². The molecule has 0 aromatic heterocycles. The van der Waals surface area contributed by atoms with Gasteiger partial charge in [0.05, 0.1) is 0 Å². The van der Waals surface area contributed by atoms with Crippen molar-refractivity contribution in [3.05, 3.63) is 148 Å². The van der Waals surface area contributed by atoms with Gasteiger partial charge in [0.15, 0.2) is 5.78 Å². The Morgan fingerprint density at radius 3 is 1.57 bits per heavy atom. The van der Waals surface area contributed by atoms with Gasteiger partial charge in [-0.1, -0.05) is 114 Å². The summed E-state index contributed by atoms with van der Waals surface area (Å²) < 4.78 is 0. The zero-order chi connectivity index (χ0) is 26.1. The Morgan fingerprint density at radius 2 is 1.08 bits per heavy atom. The van der Waals surface area contributed by atoms with Crippen LogP contribution in [0.1, 0.15) is 51.5 Å². The standard InChI is InChI=1S/C36H32O/c1-23-6-13-28(14-7-23)33-22-35(36(37)30-17-10-25(3)11-18-30)34(29-15-8-24(2)9-16-29)21-32(33)27(5)31-19-12-26(4)20-31/h6-19,21-22H,5,20H2,1-4H3. The van der Waals surface area contributed by atoms with Crippen molar-refractivity contribution in [1.29, 1.82) is 0 Å². The van der Waals surface area contributed by atoms with Gasteiger partial charge in [0, 0.05) is 11.1 Å². The molecule has 0 bridgehead atoms. The molecule has 0 amide bonds. The number of aryl methyl sites for hydroxylation is 3. The SMILES string of the molecule is C=C(C1=CC=C(C)C1)c1cc(-c2ccc(C)cc2)c(C(=O)c2ccc(C)cc2)cc1-c1ccc(C)cc1.